The molecule has 2 fully saturated rings. The summed E-state index contributed by atoms with van der Waals surface area (Å²) >= 11 is 0. The van der Waals surface area contributed by atoms with Crippen LogP contribution in [-0.2, 0) is 6.42 Å². The van der Waals surface area contributed by atoms with Crippen molar-refractivity contribution in [2.45, 2.75) is 38.1 Å². The maximum Gasteiger partial charge on any atom is 0.0110 e. The van der Waals surface area contributed by atoms with Gasteiger partial charge >= 0.3 is 0 Å². The Morgan fingerprint density at radius 2 is 1.94 bits per heavy atom. The van der Waals surface area contributed by atoms with Gasteiger partial charge in [-0.3, -0.25) is 0 Å². The fraction of sp³-hybridized carbons (Fsp3) is 0.600. The molecule has 0 amide bonds. The van der Waals surface area contributed by atoms with Gasteiger partial charge in [0.2, 0.25) is 0 Å². The van der Waals surface area contributed by atoms with Gasteiger partial charge in [0.15, 0.2) is 0 Å². The maximum absolute atomic E-state index is 6.40. The Labute approximate surface area is 98.0 Å². The summed E-state index contributed by atoms with van der Waals surface area (Å²) in [5, 5.41) is 0. The normalized spacial score (nSPS) is 34.2. The highest BCUT2D eigenvalue weighted by Gasteiger charge is 2.41. The summed E-state index contributed by atoms with van der Waals surface area (Å²) < 4.78 is 0. The highest BCUT2D eigenvalue weighted by molar-refractivity contribution is 5.16. The Bertz CT molecular complexity index is 346. The van der Waals surface area contributed by atoms with Crippen molar-refractivity contribution in [3.63, 3.8) is 0 Å². The first kappa shape index (κ1) is 10.3. The third kappa shape index (κ3) is 1.89. The predicted octanol–water partition coefficient (Wildman–Crippen LogP) is 2.99. The summed E-state index contributed by atoms with van der Waals surface area (Å²) in [6.45, 7) is 0. The third-order valence-electron chi connectivity index (χ3n) is 4.66. The molecule has 0 saturated heterocycles. The number of rotatable bonds is 3. The SMILES string of the molecule is NC(Cc1ccccc1)C1CC2CCC1C2. The van der Waals surface area contributed by atoms with Crippen LogP contribution in [0.15, 0.2) is 30.3 Å². The van der Waals surface area contributed by atoms with Crippen LogP contribution in [0.5, 0.6) is 0 Å². The second-order valence-corrected chi connectivity index (χ2v) is 5.69. The standard InChI is InChI=1S/C15H21N/c16-15(10-11-4-2-1-3-5-11)14-9-12-6-7-13(14)8-12/h1-5,12-15H,6-10,16H2. The zero-order valence-corrected chi connectivity index (χ0v) is 9.81. The van der Waals surface area contributed by atoms with Gasteiger partial charge in [-0.2, -0.15) is 0 Å². The molecule has 2 saturated carbocycles. The highest BCUT2D eigenvalue weighted by atomic mass is 14.7. The summed E-state index contributed by atoms with van der Waals surface area (Å²) in [5.74, 6) is 2.76. The fourth-order valence-electron chi connectivity index (χ4n) is 3.86. The molecule has 2 N–H and O–H groups in total. The van der Waals surface area contributed by atoms with E-state index in [1.54, 1.807) is 0 Å². The molecule has 0 spiro atoms. The maximum atomic E-state index is 6.40. The van der Waals surface area contributed by atoms with Gasteiger partial charge in [-0.05, 0) is 49.0 Å². The summed E-state index contributed by atoms with van der Waals surface area (Å²) in [5.41, 5.74) is 7.80. The van der Waals surface area contributed by atoms with Crippen LogP contribution in [-0.4, -0.2) is 6.04 Å². The van der Waals surface area contributed by atoms with Crippen molar-refractivity contribution in [1.29, 1.82) is 0 Å². The molecule has 1 aromatic carbocycles. The van der Waals surface area contributed by atoms with E-state index in [9.17, 15) is 0 Å². The molecular weight excluding hydrogens is 194 g/mol. The molecule has 2 aliphatic rings. The highest BCUT2D eigenvalue weighted by Crippen LogP contribution is 2.49. The number of nitrogens with two attached hydrogens (primary N) is 1. The first-order valence-corrected chi connectivity index (χ1v) is 6.62. The lowest BCUT2D eigenvalue weighted by Crippen LogP contribution is -2.35. The van der Waals surface area contributed by atoms with Gasteiger partial charge in [-0.15, -0.1) is 0 Å². The van der Waals surface area contributed by atoms with Crippen LogP contribution in [0, 0.1) is 17.8 Å². The lowest BCUT2D eigenvalue weighted by Gasteiger charge is -2.27. The number of hydrogen-bond acceptors (Lipinski definition) is 1. The average Bonchev–Trinajstić information content (AvgIpc) is 2.92. The lowest BCUT2D eigenvalue weighted by atomic mass is 9.81. The lowest BCUT2D eigenvalue weighted by molar-refractivity contribution is 0.280. The van der Waals surface area contributed by atoms with Crippen molar-refractivity contribution < 1.29 is 0 Å². The molecule has 0 aromatic heterocycles. The van der Waals surface area contributed by atoms with Gasteiger partial charge < -0.3 is 5.73 Å². The van der Waals surface area contributed by atoms with E-state index in [1.165, 1.54) is 31.2 Å². The van der Waals surface area contributed by atoms with Crippen LogP contribution in [0.25, 0.3) is 0 Å². The molecule has 3 rings (SSSR count). The molecule has 1 aromatic rings. The van der Waals surface area contributed by atoms with Crippen molar-refractivity contribution in [2.24, 2.45) is 23.5 Å². The molecule has 4 unspecified atom stereocenters. The third-order valence-corrected chi connectivity index (χ3v) is 4.66. The van der Waals surface area contributed by atoms with Crippen LogP contribution in [0.4, 0.5) is 0 Å². The summed E-state index contributed by atoms with van der Waals surface area (Å²) in [6.07, 6.45) is 6.84. The van der Waals surface area contributed by atoms with E-state index in [0.29, 0.717) is 6.04 Å². The zero-order valence-electron chi connectivity index (χ0n) is 9.81. The Balaban J connectivity index is 1.64. The number of hydrogen-bond donors (Lipinski definition) is 1. The van der Waals surface area contributed by atoms with E-state index in [2.05, 4.69) is 30.3 Å². The van der Waals surface area contributed by atoms with E-state index in [1.807, 2.05) is 0 Å². The smallest absolute Gasteiger partial charge is 0.0110 e. The summed E-state index contributed by atoms with van der Waals surface area (Å²) in [7, 11) is 0. The minimum Gasteiger partial charge on any atom is -0.327 e. The quantitative estimate of drug-likeness (QED) is 0.824. The monoisotopic (exact) mass is 215 g/mol. The van der Waals surface area contributed by atoms with Gasteiger partial charge in [-0.1, -0.05) is 36.8 Å². The summed E-state index contributed by atoms with van der Waals surface area (Å²) in [4.78, 5) is 0. The Kier molecular flexibility index (Phi) is 2.72. The average molecular weight is 215 g/mol. The molecule has 4 atom stereocenters. The van der Waals surface area contributed by atoms with Gasteiger partial charge in [-0.25, -0.2) is 0 Å². The van der Waals surface area contributed by atoms with Gasteiger partial charge in [0.05, 0.1) is 0 Å². The van der Waals surface area contributed by atoms with Crippen molar-refractivity contribution >= 4 is 0 Å². The van der Waals surface area contributed by atoms with E-state index >= 15 is 0 Å². The molecule has 1 heteroatoms. The van der Waals surface area contributed by atoms with Crippen molar-refractivity contribution in [3.05, 3.63) is 35.9 Å². The first-order valence-electron chi connectivity index (χ1n) is 6.62. The van der Waals surface area contributed by atoms with E-state index in [-0.39, 0.29) is 0 Å². The van der Waals surface area contributed by atoms with Crippen LogP contribution in [0.1, 0.15) is 31.2 Å². The Morgan fingerprint density at radius 3 is 2.56 bits per heavy atom. The fourth-order valence-corrected chi connectivity index (χ4v) is 3.86. The number of benzene rings is 1. The molecule has 2 aliphatic carbocycles. The van der Waals surface area contributed by atoms with Crippen molar-refractivity contribution in [2.75, 3.05) is 0 Å². The van der Waals surface area contributed by atoms with Gasteiger partial charge in [0, 0.05) is 6.04 Å². The number of fused-ring (bicyclic) bond motifs is 2. The Hall–Kier alpha value is -0.820. The van der Waals surface area contributed by atoms with Gasteiger partial charge in [0.1, 0.15) is 0 Å². The first-order chi connectivity index (χ1) is 7.83. The molecule has 0 aliphatic heterocycles. The minimum atomic E-state index is 0.387. The molecule has 1 nitrogen and oxygen atoms in total. The van der Waals surface area contributed by atoms with Crippen molar-refractivity contribution in [1.82, 2.24) is 0 Å². The van der Waals surface area contributed by atoms with Crippen LogP contribution in [0.3, 0.4) is 0 Å². The molecule has 16 heavy (non-hydrogen) atoms. The zero-order chi connectivity index (χ0) is 11.0. The van der Waals surface area contributed by atoms with Crippen molar-refractivity contribution in [3.8, 4) is 0 Å². The topological polar surface area (TPSA) is 26.0 Å². The van der Waals surface area contributed by atoms with E-state index in [4.69, 9.17) is 5.73 Å². The van der Waals surface area contributed by atoms with Crippen LogP contribution in [0.2, 0.25) is 0 Å². The molecule has 0 heterocycles. The molecule has 2 bridgehead atoms. The van der Waals surface area contributed by atoms with E-state index in [0.717, 1.165) is 24.2 Å². The molecule has 86 valence electrons. The van der Waals surface area contributed by atoms with Crippen LogP contribution < -0.4 is 5.73 Å². The largest absolute Gasteiger partial charge is 0.327 e. The second-order valence-electron chi connectivity index (χ2n) is 5.69. The van der Waals surface area contributed by atoms with Crippen LogP contribution >= 0.6 is 0 Å². The van der Waals surface area contributed by atoms with E-state index < -0.39 is 0 Å². The predicted molar refractivity (Wildman–Crippen MR) is 67.1 cm³/mol. The molecular formula is C15H21N. The molecule has 0 radical (unpaired) electrons. The minimum absolute atomic E-state index is 0.387. The van der Waals surface area contributed by atoms with Gasteiger partial charge in [0.25, 0.3) is 0 Å². The summed E-state index contributed by atoms with van der Waals surface area (Å²) in [6, 6.07) is 11.1. The Morgan fingerprint density at radius 1 is 1.12 bits per heavy atom. The second kappa shape index (κ2) is 4.21.